The van der Waals surface area contributed by atoms with Gasteiger partial charge in [0, 0.05) is 12.1 Å². The minimum absolute atomic E-state index is 0.0203. The van der Waals surface area contributed by atoms with Crippen molar-refractivity contribution < 1.29 is 18.3 Å². The lowest BCUT2D eigenvalue weighted by Crippen LogP contribution is -2.44. The zero-order valence-electron chi connectivity index (χ0n) is 11.7. The smallest absolute Gasteiger partial charge is 0.328 e. The average Bonchev–Trinajstić information content (AvgIpc) is 2.66. The number of aromatic hydroxyl groups is 1. The van der Waals surface area contributed by atoms with Gasteiger partial charge >= 0.3 is 6.03 Å². The molecule has 0 bridgehead atoms. The number of benzene rings is 1. The summed E-state index contributed by atoms with van der Waals surface area (Å²) in [4.78, 5) is 11.7. The van der Waals surface area contributed by atoms with Crippen LogP contribution in [-0.4, -0.2) is 25.6 Å². The molecular formula is C14H20N2O4S. The first kappa shape index (κ1) is 15.6. The van der Waals surface area contributed by atoms with Gasteiger partial charge in [-0.2, -0.15) is 0 Å². The first-order chi connectivity index (χ1) is 9.97. The maximum Gasteiger partial charge on any atom is 0.328 e. The molecule has 0 heterocycles. The Morgan fingerprint density at radius 2 is 1.81 bits per heavy atom. The Balaban J connectivity index is 1.97. The van der Waals surface area contributed by atoms with Crippen molar-refractivity contribution >= 4 is 16.1 Å². The van der Waals surface area contributed by atoms with Gasteiger partial charge in [0.25, 0.3) is 10.0 Å². The Hall–Kier alpha value is -1.76. The van der Waals surface area contributed by atoms with Crippen molar-refractivity contribution in [2.75, 3.05) is 0 Å². The zero-order chi connectivity index (χ0) is 15.3. The Labute approximate surface area is 124 Å². The monoisotopic (exact) mass is 312 g/mol. The van der Waals surface area contributed by atoms with Gasteiger partial charge in [0.2, 0.25) is 0 Å². The molecule has 0 aliphatic heterocycles. The summed E-state index contributed by atoms with van der Waals surface area (Å²) < 4.78 is 26.0. The van der Waals surface area contributed by atoms with Crippen molar-refractivity contribution in [3.63, 3.8) is 0 Å². The molecule has 2 rings (SSSR count). The molecule has 6 nitrogen and oxygen atoms in total. The lowest BCUT2D eigenvalue weighted by atomic mass is 10.1. The van der Waals surface area contributed by atoms with Crippen molar-refractivity contribution in [2.45, 2.75) is 49.5 Å². The Morgan fingerprint density at radius 3 is 2.43 bits per heavy atom. The maximum absolute atomic E-state index is 12.0. The van der Waals surface area contributed by atoms with Crippen LogP contribution in [0.25, 0.3) is 0 Å². The Morgan fingerprint density at radius 1 is 1.14 bits per heavy atom. The van der Waals surface area contributed by atoms with E-state index >= 15 is 0 Å². The largest absolute Gasteiger partial charge is 0.508 e. The van der Waals surface area contributed by atoms with Crippen molar-refractivity contribution in [1.29, 1.82) is 0 Å². The van der Waals surface area contributed by atoms with E-state index in [4.69, 9.17) is 0 Å². The van der Waals surface area contributed by atoms with Gasteiger partial charge < -0.3 is 10.4 Å². The van der Waals surface area contributed by atoms with E-state index in [1.54, 1.807) is 0 Å². The highest BCUT2D eigenvalue weighted by atomic mass is 32.2. The predicted molar refractivity (Wildman–Crippen MR) is 78.5 cm³/mol. The number of sulfonamides is 1. The Kier molecular flexibility index (Phi) is 5.06. The summed E-state index contributed by atoms with van der Waals surface area (Å²) in [5.41, 5.74) is 0. The number of hydrogen-bond donors (Lipinski definition) is 3. The van der Waals surface area contributed by atoms with Gasteiger partial charge in [-0.05, 0) is 25.0 Å². The number of phenolic OH excluding ortho intramolecular Hbond substituents is 1. The molecule has 0 saturated heterocycles. The molecule has 116 valence electrons. The molecule has 1 aromatic carbocycles. The Bertz CT molecular complexity index is 593. The minimum atomic E-state index is -3.96. The molecule has 7 heteroatoms. The standard InChI is InChI=1S/C14H20N2O4S/c17-12-8-5-9-13(10-12)21(19,20)16-14(18)15-11-6-3-1-2-4-7-11/h5,8-11,17H,1-4,6-7H2,(H2,15,16,18). The number of urea groups is 1. The zero-order valence-corrected chi connectivity index (χ0v) is 12.5. The third-order valence-electron chi connectivity index (χ3n) is 3.55. The van der Waals surface area contributed by atoms with Crippen LogP contribution in [0.3, 0.4) is 0 Å². The minimum Gasteiger partial charge on any atom is -0.508 e. The van der Waals surface area contributed by atoms with Gasteiger partial charge in [0.1, 0.15) is 5.75 Å². The third kappa shape index (κ3) is 4.63. The first-order valence-corrected chi connectivity index (χ1v) is 8.58. The summed E-state index contributed by atoms with van der Waals surface area (Å²) in [6.45, 7) is 0. The molecule has 21 heavy (non-hydrogen) atoms. The molecule has 1 aromatic rings. The number of carbonyl (C=O) groups is 1. The van der Waals surface area contributed by atoms with Gasteiger partial charge in [-0.1, -0.05) is 31.7 Å². The second-order valence-corrected chi connectivity index (χ2v) is 6.95. The van der Waals surface area contributed by atoms with Crippen molar-refractivity contribution in [3.05, 3.63) is 24.3 Å². The highest BCUT2D eigenvalue weighted by molar-refractivity contribution is 7.90. The molecule has 3 N–H and O–H groups in total. The molecule has 0 unspecified atom stereocenters. The maximum atomic E-state index is 12.0. The molecular weight excluding hydrogens is 292 g/mol. The molecule has 1 aliphatic rings. The van der Waals surface area contributed by atoms with E-state index in [1.807, 2.05) is 4.72 Å². The van der Waals surface area contributed by atoms with Gasteiger partial charge in [0.15, 0.2) is 0 Å². The predicted octanol–water partition coefficient (Wildman–Crippen LogP) is 2.10. The lowest BCUT2D eigenvalue weighted by molar-refractivity contribution is 0.240. The lowest BCUT2D eigenvalue weighted by Gasteiger charge is -2.16. The van der Waals surface area contributed by atoms with E-state index in [1.165, 1.54) is 18.2 Å². The van der Waals surface area contributed by atoms with Crippen LogP contribution in [0.1, 0.15) is 38.5 Å². The topological polar surface area (TPSA) is 95.5 Å². The molecule has 1 fully saturated rings. The van der Waals surface area contributed by atoms with Gasteiger partial charge in [-0.25, -0.2) is 17.9 Å². The summed E-state index contributed by atoms with van der Waals surface area (Å²) in [5.74, 6) is -0.165. The van der Waals surface area contributed by atoms with Crippen LogP contribution >= 0.6 is 0 Å². The van der Waals surface area contributed by atoms with E-state index in [0.717, 1.165) is 44.6 Å². The van der Waals surface area contributed by atoms with E-state index in [2.05, 4.69) is 5.32 Å². The van der Waals surface area contributed by atoms with Crippen LogP contribution in [0.4, 0.5) is 4.79 Å². The van der Waals surface area contributed by atoms with E-state index in [-0.39, 0.29) is 16.7 Å². The first-order valence-electron chi connectivity index (χ1n) is 7.10. The number of carbonyl (C=O) groups excluding carboxylic acids is 1. The van der Waals surface area contributed by atoms with Crippen molar-refractivity contribution in [2.24, 2.45) is 0 Å². The summed E-state index contributed by atoms with van der Waals surface area (Å²) in [5, 5.41) is 12.0. The summed E-state index contributed by atoms with van der Waals surface area (Å²) in [6.07, 6.45) is 6.15. The van der Waals surface area contributed by atoms with Crippen molar-refractivity contribution in [1.82, 2.24) is 10.0 Å². The molecule has 0 radical (unpaired) electrons. The molecule has 0 atom stereocenters. The van der Waals surface area contributed by atoms with Gasteiger partial charge in [-0.3, -0.25) is 0 Å². The van der Waals surface area contributed by atoms with Gasteiger partial charge in [0.05, 0.1) is 4.90 Å². The van der Waals surface area contributed by atoms with E-state index < -0.39 is 16.1 Å². The molecule has 1 aliphatic carbocycles. The fourth-order valence-electron chi connectivity index (χ4n) is 2.47. The molecule has 1 saturated carbocycles. The van der Waals surface area contributed by atoms with Gasteiger partial charge in [-0.15, -0.1) is 0 Å². The molecule has 0 aromatic heterocycles. The SMILES string of the molecule is O=C(NC1CCCCCC1)NS(=O)(=O)c1cccc(O)c1. The average molecular weight is 312 g/mol. The highest BCUT2D eigenvalue weighted by Crippen LogP contribution is 2.18. The number of amides is 2. The van der Waals surface area contributed by atoms with Crippen LogP contribution in [0.2, 0.25) is 0 Å². The van der Waals surface area contributed by atoms with E-state index in [9.17, 15) is 18.3 Å². The molecule has 0 spiro atoms. The second-order valence-electron chi connectivity index (χ2n) is 5.26. The fourth-order valence-corrected chi connectivity index (χ4v) is 3.42. The van der Waals surface area contributed by atoms with Crippen LogP contribution in [0.15, 0.2) is 29.2 Å². The quantitative estimate of drug-likeness (QED) is 0.745. The summed E-state index contributed by atoms with van der Waals surface area (Å²) in [6, 6.07) is 4.50. The van der Waals surface area contributed by atoms with Crippen molar-refractivity contribution in [3.8, 4) is 5.75 Å². The summed E-state index contributed by atoms with van der Waals surface area (Å²) in [7, 11) is -3.96. The highest BCUT2D eigenvalue weighted by Gasteiger charge is 2.20. The molecule has 2 amide bonds. The second kappa shape index (κ2) is 6.80. The van der Waals surface area contributed by atoms with Crippen LogP contribution in [-0.2, 0) is 10.0 Å². The third-order valence-corrected chi connectivity index (χ3v) is 4.87. The fraction of sp³-hybridized carbons (Fsp3) is 0.500. The van der Waals surface area contributed by atoms with Crippen LogP contribution in [0, 0.1) is 0 Å². The number of rotatable bonds is 3. The van der Waals surface area contributed by atoms with Crippen LogP contribution in [0.5, 0.6) is 5.75 Å². The summed E-state index contributed by atoms with van der Waals surface area (Å²) >= 11 is 0. The van der Waals surface area contributed by atoms with E-state index in [0.29, 0.717) is 0 Å². The normalized spacial score (nSPS) is 17.0. The van der Waals surface area contributed by atoms with Crippen LogP contribution < -0.4 is 10.0 Å². The number of phenols is 1. The number of nitrogens with one attached hydrogen (secondary N) is 2. The number of hydrogen-bond acceptors (Lipinski definition) is 4.